The molecule has 0 aliphatic rings. The molecule has 1 aromatic heterocycles. The normalized spacial score (nSPS) is 12.9. The van der Waals surface area contributed by atoms with Gasteiger partial charge in [0.05, 0.1) is 11.6 Å². The van der Waals surface area contributed by atoms with Crippen LogP contribution in [0.5, 0.6) is 0 Å². The number of nitrogens with one attached hydrogen (secondary N) is 1. The van der Waals surface area contributed by atoms with Gasteiger partial charge in [-0.25, -0.2) is 0 Å². The lowest BCUT2D eigenvalue weighted by molar-refractivity contribution is 0.175. The minimum absolute atomic E-state index is 0.489. The maximum atomic E-state index is 9.91. The van der Waals surface area contributed by atoms with Gasteiger partial charge in [-0.2, -0.15) is 0 Å². The fourth-order valence-corrected chi connectivity index (χ4v) is 1.67. The highest BCUT2D eigenvalue weighted by Gasteiger charge is 2.07. The summed E-state index contributed by atoms with van der Waals surface area (Å²) >= 11 is 0. The maximum absolute atomic E-state index is 9.91. The summed E-state index contributed by atoms with van der Waals surface area (Å²) in [6.45, 7) is 3.44. The van der Waals surface area contributed by atoms with Gasteiger partial charge in [-0.05, 0) is 18.7 Å². The molecule has 1 aromatic carbocycles. The molecule has 2 rings (SSSR count). The summed E-state index contributed by atoms with van der Waals surface area (Å²) in [6, 6.07) is 9.90. The van der Waals surface area contributed by atoms with Crippen molar-refractivity contribution < 1.29 is 5.11 Å². The molecule has 1 heterocycles. The van der Waals surface area contributed by atoms with E-state index in [0.29, 0.717) is 6.54 Å². The summed E-state index contributed by atoms with van der Waals surface area (Å²) in [5.74, 6) is 0. The Kier molecular flexibility index (Phi) is 3.49. The van der Waals surface area contributed by atoms with Gasteiger partial charge in [0.1, 0.15) is 0 Å². The first-order valence-corrected chi connectivity index (χ1v) is 5.54. The van der Waals surface area contributed by atoms with E-state index in [9.17, 15) is 5.11 Å². The average Bonchev–Trinajstić information content (AvgIpc) is 2.35. The monoisotopic (exact) mass is 216 g/mol. The number of para-hydroxylation sites is 1. The SMILES string of the molecule is CCNCC(O)c1cnc2ccccc2c1. The van der Waals surface area contributed by atoms with Crippen molar-refractivity contribution >= 4 is 10.9 Å². The quantitative estimate of drug-likeness (QED) is 0.820. The molecule has 0 radical (unpaired) electrons. The summed E-state index contributed by atoms with van der Waals surface area (Å²) in [5, 5.41) is 14.1. The highest BCUT2D eigenvalue weighted by Crippen LogP contribution is 2.17. The fourth-order valence-electron chi connectivity index (χ4n) is 1.67. The number of rotatable bonds is 4. The number of pyridine rings is 1. The number of aliphatic hydroxyl groups is 1. The molecule has 0 spiro atoms. The van der Waals surface area contributed by atoms with Crippen molar-refractivity contribution in [2.24, 2.45) is 0 Å². The Morgan fingerprint density at radius 3 is 3.00 bits per heavy atom. The molecular weight excluding hydrogens is 200 g/mol. The third kappa shape index (κ3) is 2.38. The van der Waals surface area contributed by atoms with E-state index in [-0.39, 0.29) is 0 Å². The maximum Gasteiger partial charge on any atom is 0.0929 e. The lowest BCUT2D eigenvalue weighted by Crippen LogP contribution is -2.20. The van der Waals surface area contributed by atoms with Gasteiger partial charge in [0.2, 0.25) is 0 Å². The molecule has 0 bridgehead atoms. The van der Waals surface area contributed by atoms with E-state index in [1.165, 1.54) is 0 Å². The van der Waals surface area contributed by atoms with E-state index in [4.69, 9.17) is 0 Å². The molecule has 0 fully saturated rings. The topological polar surface area (TPSA) is 45.1 Å². The minimum Gasteiger partial charge on any atom is -0.387 e. The minimum atomic E-state index is -0.489. The average molecular weight is 216 g/mol. The number of hydrogen-bond donors (Lipinski definition) is 2. The van der Waals surface area contributed by atoms with E-state index >= 15 is 0 Å². The smallest absolute Gasteiger partial charge is 0.0929 e. The Labute approximate surface area is 95.1 Å². The summed E-state index contributed by atoms with van der Waals surface area (Å²) in [6.07, 6.45) is 1.25. The third-order valence-electron chi connectivity index (χ3n) is 2.58. The van der Waals surface area contributed by atoms with Crippen molar-refractivity contribution in [3.63, 3.8) is 0 Å². The number of aliphatic hydroxyl groups excluding tert-OH is 1. The van der Waals surface area contributed by atoms with Gasteiger partial charge in [-0.3, -0.25) is 4.98 Å². The van der Waals surface area contributed by atoms with Crippen LogP contribution < -0.4 is 5.32 Å². The fraction of sp³-hybridized carbons (Fsp3) is 0.308. The van der Waals surface area contributed by atoms with Crippen molar-refractivity contribution in [3.8, 4) is 0 Å². The molecule has 0 saturated heterocycles. The zero-order valence-corrected chi connectivity index (χ0v) is 9.35. The van der Waals surface area contributed by atoms with Crippen LogP contribution in [0.1, 0.15) is 18.6 Å². The van der Waals surface area contributed by atoms with Crippen molar-refractivity contribution in [2.75, 3.05) is 13.1 Å². The Balaban J connectivity index is 2.25. The van der Waals surface area contributed by atoms with Crippen LogP contribution in [0.25, 0.3) is 10.9 Å². The second-order valence-corrected chi connectivity index (χ2v) is 3.78. The van der Waals surface area contributed by atoms with Crippen molar-refractivity contribution in [3.05, 3.63) is 42.1 Å². The number of likely N-dealkylation sites (N-methyl/N-ethyl adjacent to an activating group) is 1. The molecule has 0 aliphatic heterocycles. The molecule has 2 N–H and O–H groups in total. The molecule has 0 aliphatic carbocycles. The Morgan fingerprint density at radius 2 is 2.19 bits per heavy atom. The van der Waals surface area contributed by atoms with Crippen LogP contribution in [0.2, 0.25) is 0 Å². The zero-order valence-electron chi connectivity index (χ0n) is 9.35. The van der Waals surface area contributed by atoms with Gasteiger partial charge in [-0.1, -0.05) is 25.1 Å². The molecule has 2 aromatic rings. The van der Waals surface area contributed by atoms with Crippen molar-refractivity contribution in [1.82, 2.24) is 10.3 Å². The first kappa shape index (κ1) is 11.0. The summed E-state index contributed by atoms with van der Waals surface area (Å²) in [7, 11) is 0. The zero-order chi connectivity index (χ0) is 11.4. The number of fused-ring (bicyclic) bond motifs is 1. The summed E-state index contributed by atoms with van der Waals surface area (Å²) < 4.78 is 0. The van der Waals surface area contributed by atoms with E-state index in [1.54, 1.807) is 6.20 Å². The van der Waals surface area contributed by atoms with E-state index in [0.717, 1.165) is 23.0 Å². The van der Waals surface area contributed by atoms with Gasteiger partial charge in [-0.15, -0.1) is 0 Å². The first-order chi connectivity index (χ1) is 7.81. The highest BCUT2D eigenvalue weighted by molar-refractivity contribution is 5.78. The second-order valence-electron chi connectivity index (χ2n) is 3.78. The highest BCUT2D eigenvalue weighted by atomic mass is 16.3. The van der Waals surface area contributed by atoms with Crippen LogP contribution in [-0.2, 0) is 0 Å². The van der Waals surface area contributed by atoms with Crippen LogP contribution in [0.3, 0.4) is 0 Å². The largest absolute Gasteiger partial charge is 0.387 e. The van der Waals surface area contributed by atoms with Gasteiger partial charge >= 0.3 is 0 Å². The van der Waals surface area contributed by atoms with Crippen LogP contribution >= 0.6 is 0 Å². The second kappa shape index (κ2) is 5.05. The van der Waals surface area contributed by atoms with Crippen molar-refractivity contribution in [1.29, 1.82) is 0 Å². The van der Waals surface area contributed by atoms with E-state index < -0.39 is 6.10 Å². The molecule has 3 heteroatoms. The van der Waals surface area contributed by atoms with E-state index in [2.05, 4.69) is 10.3 Å². The molecule has 16 heavy (non-hydrogen) atoms. The van der Waals surface area contributed by atoms with Crippen LogP contribution in [0, 0.1) is 0 Å². The molecule has 0 amide bonds. The predicted molar refractivity (Wildman–Crippen MR) is 65.2 cm³/mol. The standard InChI is InChI=1S/C13H16N2O/c1-2-14-9-13(16)11-7-10-5-3-4-6-12(10)15-8-11/h3-8,13-14,16H,2,9H2,1H3. The number of aromatic nitrogens is 1. The predicted octanol–water partition coefficient (Wildman–Crippen LogP) is 1.88. The molecular formula is C13H16N2O. The molecule has 3 nitrogen and oxygen atoms in total. The number of hydrogen-bond acceptors (Lipinski definition) is 3. The van der Waals surface area contributed by atoms with Gasteiger partial charge in [0.25, 0.3) is 0 Å². The first-order valence-electron chi connectivity index (χ1n) is 5.54. The number of benzene rings is 1. The van der Waals surface area contributed by atoms with Gasteiger partial charge in [0.15, 0.2) is 0 Å². The van der Waals surface area contributed by atoms with Crippen molar-refractivity contribution in [2.45, 2.75) is 13.0 Å². The third-order valence-corrected chi connectivity index (χ3v) is 2.58. The lowest BCUT2D eigenvalue weighted by Gasteiger charge is -2.11. The van der Waals surface area contributed by atoms with Crippen LogP contribution in [0.15, 0.2) is 36.5 Å². The molecule has 0 saturated carbocycles. The Morgan fingerprint density at radius 1 is 1.38 bits per heavy atom. The van der Waals surface area contributed by atoms with Crippen LogP contribution in [-0.4, -0.2) is 23.2 Å². The summed E-state index contributed by atoms with van der Waals surface area (Å²) in [4.78, 5) is 4.32. The van der Waals surface area contributed by atoms with Gasteiger partial charge < -0.3 is 10.4 Å². The lowest BCUT2D eigenvalue weighted by atomic mass is 10.1. The Bertz CT molecular complexity index is 470. The molecule has 1 atom stereocenters. The number of nitrogens with zero attached hydrogens (tertiary/aromatic N) is 1. The summed E-state index contributed by atoms with van der Waals surface area (Å²) in [5.41, 5.74) is 1.82. The van der Waals surface area contributed by atoms with Crippen LogP contribution in [0.4, 0.5) is 0 Å². The Hall–Kier alpha value is -1.45. The molecule has 84 valence electrons. The van der Waals surface area contributed by atoms with Gasteiger partial charge in [0, 0.05) is 23.7 Å². The molecule has 1 unspecified atom stereocenters. The van der Waals surface area contributed by atoms with E-state index in [1.807, 2.05) is 37.3 Å².